The number of nitrogens with zero attached hydrogens (tertiary/aromatic N) is 1. The van der Waals surface area contributed by atoms with Crippen molar-refractivity contribution in [2.75, 3.05) is 33.4 Å². The molecule has 1 amide bonds. The van der Waals surface area contributed by atoms with E-state index < -0.39 is 0 Å². The van der Waals surface area contributed by atoms with E-state index in [4.69, 9.17) is 4.74 Å². The first kappa shape index (κ1) is 15.0. The number of carbonyl (C=O) groups is 1. The van der Waals surface area contributed by atoms with Gasteiger partial charge in [-0.05, 0) is 31.4 Å². The second-order valence-electron chi connectivity index (χ2n) is 5.38. The highest BCUT2D eigenvalue weighted by molar-refractivity contribution is 5.77. The molecule has 1 aliphatic rings. The predicted molar refractivity (Wildman–Crippen MR) is 79.6 cm³/mol. The third-order valence-corrected chi connectivity index (χ3v) is 3.71. The zero-order chi connectivity index (χ0) is 14.2. The number of benzene rings is 1. The molecule has 0 bridgehead atoms. The Hall–Kier alpha value is -1.39. The Morgan fingerprint density at radius 1 is 1.40 bits per heavy atom. The van der Waals surface area contributed by atoms with E-state index in [9.17, 15) is 4.79 Å². The van der Waals surface area contributed by atoms with Crippen LogP contribution in [0.4, 0.5) is 0 Å². The highest BCUT2D eigenvalue weighted by Crippen LogP contribution is 2.11. The van der Waals surface area contributed by atoms with Crippen LogP contribution >= 0.6 is 0 Å². The van der Waals surface area contributed by atoms with E-state index in [1.807, 2.05) is 6.07 Å². The number of rotatable bonds is 6. The second kappa shape index (κ2) is 8.02. The van der Waals surface area contributed by atoms with E-state index in [2.05, 4.69) is 34.5 Å². The van der Waals surface area contributed by atoms with Gasteiger partial charge in [-0.3, -0.25) is 4.79 Å². The molecule has 2 rings (SSSR count). The molecule has 1 aromatic carbocycles. The summed E-state index contributed by atoms with van der Waals surface area (Å²) in [6.45, 7) is 3.28. The van der Waals surface area contributed by atoms with Crippen molar-refractivity contribution in [1.29, 1.82) is 0 Å². The molecule has 1 unspecified atom stereocenters. The lowest BCUT2D eigenvalue weighted by molar-refractivity contribution is -0.125. The number of carbonyl (C=O) groups excluding carboxylic acids is 1. The summed E-state index contributed by atoms with van der Waals surface area (Å²) in [5, 5.41) is 3.04. The maximum absolute atomic E-state index is 11.5. The monoisotopic (exact) mass is 276 g/mol. The van der Waals surface area contributed by atoms with Crippen LogP contribution in [0, 0.1) is 0 Å². The number of amides is 1. The number of hydrogen-bond acceptors (Lipinski definition) is 3. The van der Waals surface area contributed by atoms with Crippen LogP contribution in [0.5, 0.6) is 0 Å². The molecule has 0 aliphatic carbocycles. The fourth-order valence-corrected chi connectivity index (χ4v) is 2.71. The number of methoxy groups -OCH3 is 1. The Morgan fingerprint density at radius 2 is 2.20 bits per heavy atom. The van der Waals surface area contributed by atoms with Crippen LogP contribution < -0.4 is 5.32 Å². The molecule has 0 radical (unpaired) electrons. The third-order valence-electron chi connectivity index (χ3n) is 3.71. The van der Waals surface area contributed by atoms with Crippen molar-refractivity contribution in [2.24, 2.45) is 0 Å². The van der Waals surface area contributed by atoms with Gasteiger partial charge in [0.25, 0.3) is 0 Å². The molecule has 1 N–H and O–H groups in total. The first-order chi connectivity index (χ1) is 9.78. The van der Waals surface area contributed by atoms with E-state index in [1.165, 1.54) is 5.56 Å². The predicted octanol–water partition coefficient (Wildman–Crippen LogP) is 1.46. The molecule has 1 aromatic rings. The van der Waals surface area contributed by atoms with E-state index in [-0.39, 0.29) is 18.6 Å². The van der Waals surface area contributed by atoms with Crippen LogP contribution in [-0.4, -0.2) is 50.2 Å². The molecule has 1 atom stereocenters. The summed E-state index contributed by atoms with van der Waals surface area (Å²) in [4.78, 5) is 14.0. The zero-order valence-corrected chi connectivity index (χ0v) is 12.2. The van der Waals surface area contributed by atoms with E-state index in [0.717, 1.165) is 38.9 Å². The summed E-state index contributed by atoms with van der Waals surface area (Å²) in [5.74, 6) is -0.0117. The van der Waals surface area contributed by atoms with Gasteiger partial charge in [-0.25, -0.2) is 0 Å². The van der Waals surface area contributed by atoms with Crippen LogP contribution in [0.15, 0.2) is 30.3 Å². The van der Waals surface area contributed by atoms with Gasteiger partial charge in [-0.2, -0.15) is 0 Å². The number of likely N-dealkylation sites (tertiary alicyclic amines) is 1. The van der Waals surface area contributed by atoms with Gasteiger partial charge in [-0.1, -0.05) is 30.3 Å². The standard InChI is InChI=1S/C16H24N2O2/c1-20-13-16(19)17-15-8-5-10-18(12-15)11-9-14-6-3-2-4-7-14/h2-4,6-7,15H,5,8-13H2,1H3,(H,17,19). The summed E-state index contributed by atoms with van der Waals surface area (Å²) in [6.07, 6.45) is 3.28. The molecule has 1 saturated heterocycles. The Bertz CT molecular complexity index is 408. The van der Waals surface area contributed by atoms with Crippen molar-refractivity contribution in [3.8, 4) is 0 Å². The number of hydrogen-bond donors (Lipinski definition) is 1. The maximum Gasteiger partial charge on any atom is 0.246 e. The van der Waals surface area contributed by atoms with Crippen molar-refractivity contribution >= 4 is 5.91 Å². The molecule has 1 fully saturated rings. The van der Waals surface area contributed by atoms with Crippen LogP contribution in [0.1, 0.15) is 18.4 Å². The molecule has 1 heterocycles. The van der Waals surface area contributed by atoms with E-state index >= 15 is 0 Å². The normalized spacial score (nSPS) is 19.8. The fourth-order valence-electron chi connectivity index (χ4n) is 2.71. The van der Waals surface area contributed by atoms with Crippen molar-refractivity contribution in [2.45, 2.75) is 25.3 Å². The fraction of sp³-hybridized carbons (Fsp3) is 0.562. The Kier molecular flexibility index (Phi) is 6.02. The molecular weight excluding hydrogens is 252 g/mol. The molecular formula is C16H24N2O2. The van der Waals surface area contributed by atoms with Crippen molar-refractivity contribution in [3.05, 3.63) is 35.9 Å². The minimum absolute atomic E-state index is 0.0117. The maximum atomic E-state index is 11.5. The number of ether oxygens (including phenoxy) is 1. The number of piperidine rings is 1. The molecule has 0 spiro atoms. The van der Waals surface area contributed by atoms with Crippen LogP contribution in [0.25, 0.3) is 0 Å². The van der Waals surface area contributed by atoms with Gasteiger partial charge in [0.2, 0.25) is 5.91 Å². The highest BCUT2D eigenvalue weighted by atomic mass is 16.5. The lowest BCUT2D eigenvalue weighted by atomic mass is 10.0. The third kappa shape index (κ3) is 4.94. The van der Waals surface area contributed by atoms with Crippen molar-refractivity contribution in [3.63, 3.8) is 0 Å². The SMILES string of the molecule is COCC(=O)NC1CCCN(CCc2ccccc2)C1. The van der Waals surface area contributed by atoms with Crippen molar-refractivity contribution < 1.29 is 9.53 Å². The molecule has 1 aliphatic heterocycles. The zero-order valence-electron chi connectivity index (χ0n) is 12.2. The average molecular weight is 276 g/mol. The van der Waals surface area contributed by atoms with Crippen LogP contribution in [0.3, 0.4) is 0 Å². The Labute approximate surface area is 121 Å². The largest absolute Gasteiger partial charge is 0.375 e. The van der Waals surface area contributed by atoms with Gasteiger partial charge in [0, 0.05) is 26.2 Å². The number of nitrogens with one attached hydrogen (secondary N) is 1. The summed E-state index contributed by atoms with van der Waals surface area (Å²) in [6, 6.07) is 10.8. The second-order valence-corrected chi connectivity index (χ2v) is 5.38. The Morgan fingerprint density at radius 3 is 2.95 bits per heavy atom. The lowest BCUT2D eigenvalue weighted by Crippen LogP contribution is -2.48. The van der Waals surface area contributed by atoms with E-state index in [0.29, 0.717) is 0 Å². The molecule has 20 heavy (non-hydrogen) atoms. The quantitative estimate of drug-likeness (QED) is 0.855. The molecule has 110 valence electrons. The average Bonchev–Trinajstić information content (AvgIpc) is 2.47. The molecule has 0 saturated carbocycles. The smallest absolute Gasteiger partial charge is 0.246 e. The highest BCUT2D eigenvalue weighted by Gasteiger charge is 2.20. The lowest BCUT2D eigenvalue weighted by Gasteiger charge is -2.33. The summed E-state index contributed by atoms with van der Waals surface area (Å²) >= 11 is 0. The summed E-state index contributed by atoms with van der Waals surface area (Å²) in [5.41, 5.74) is 1.37. The van der Waals surface area contributed by atoms with Gasteiger partial charge >= 0.3 is 0 Å². The van der Waals surface area contributed by atoms with Gasteiger partial charge < -0.3 is 15.0 Å². The molecule has 4 heteroatoms. The summed E-state index contributed by atoms with van der Waals surface area (Å²) in [7, 11) is 1.55. The molecule has 4 nitrogen and oxygen atoms in total. The first-order valence-corrected chi connectivity index (χ1v) is 7.32. The topological polar surface area (TPSA) is 41.6 Å². The minimum Gasteiger partial charge on any atom is -0.375 e. The minimum atomic E-state index is -0.0117. The van der Waals surface area contributed by atoms with Crippen molar-refractivity contribution in [1.82, 2.24) is 10.2 Å². The summed E-state index contributed by atoms with van der Waals surface area (Å²) < 4.78 is 4.85. The van der Waals surface area contributed by atoms with Gasteiger partial charge in [-0.15, -0.1) is 0 Å². The Balaban J connectivity index is 1.74. The van der Waals surface area contributed by atoms with Crippen LogP contribution in [0.2, 0.25) is 0 Å². The van der Waals surface area contributed by atoms with Gasteiger partial charge in [0.1, 0.15) is 6.61 Å². The molecule has 0 aromatic heterocycles. The van der Waals surface area contributed by atoms with Crippen LogP contribution in [-0.2, 0) is 16.0 Å². The van der Waals surface area contributed by atoms with Gasteiger partial charge in [0.15, 0.2) is 0 Å². The first-order valence-electron chi connectivity index (χ1n) is 7.32. The van der Waals surface area contributed by atoms with Gasteiger partial charge in [0.05, 0.1) is 0 Å². The van der Waals surface area contributed by atoms with E-state index in [1.54, 1.807) is 7.11 Å².